The summed E-state index contributed by atoms with van der Waals surface area (Å²) in [5.41, 5.74) is 5.19. The van der Waals surface area contributed by atoms with Gasteiger partial charge in [-0.3, -0.25) is 0 Å². The summed E-state index contributed by atoms with van der Waals surface area (Å²) in [5.74, 6) is 0. The van der Waals surface area contributed by atoms with Gasteiger partial charge in [-0.15, -0.1) is 0 Å². The maximum Gasteiger partial charge on any atom is 0.106 e. The van der Waals surface area contributed by atoms with Crippen molar-refractivity contribution in [2.45, 2.75) is 13.0 Å². The first-order valence-corrected chi connectivity index (χ1v) is 9.00. The van der Waals surface area contributed by atoms with Crippen molar-refractivity contribution < 1.29 is 5.11 Å². The molecule has 3 aromatic carbocycles. The van der Waals surface area contributed by atoms with Crippen molar-refractivity contribution in [1.29, 1.82) is 0 Å². The minimum atomic E-state index is -0.667. The highest BCUT2D eigenvalue weighted by molar-refractivity contribution is 14.1. The van der Waals surface area contributed by atoms with Crippen molar-refractivity contribution in [2.75, 3.05) is 0 Å². The van der Waals surface area contributed by atoms with Crippen molar-refractivity contribution in [2.24, 2.45) is 0 Å². The molecular formula is C22H19IO. The number of rotatable bonds is 4. The second-order valence-corrected chi connectivity index (χ2v) is 6.85. The summed E-state index contributed by atoms with van der Waals surface area (Å²) in [7, 11) is 0. The molecule has 120 valence electrons. The van der Waals surface area contributed by atoms with E-state index in [1.165, 1.54) is 5.56 Å². The first kappa shape index (κ1) is 16.9. The Bertz CT molecular complexity index is 821. The third-order valence-corrected chi connectivity index (χ3v) is 5.22. The van der Waals surface area contributed by atoms with E-state index >= 15 is 0 Å². The van der Waals surface area contributed by atoms with Gasteiger partial charge in [0.05, 0.1) is 0 Å². The molecule has 2 heteroatoms. The summed E-state index contributed by atoms with van der Waals surface area (Å²) < 4.78 is 1.06. The van der Waals surface area contributed by atoms with Crippen molar-refractivity contribution in [3.05, 3.63) is 107 Å². The van der Waals surface area contributed by atoms with Crippen molar-refractivity contribution in [3.8, 4) is 0 Å². The highest BCUT2D eigenvalue weighted by atomic mass is 127. The lowest BCUT2D eigenvalue weighted by atomic mass is 9.93. The molecule has 0 radical (unpaired) electrons. The molecule has 0 aliphatic heterocycles. The number of halogens is 1. The van der Waals surface area contributed by atoms with Gasteiger partial charge in [0.2, 0.25) is 0 Å². The molecule has 0 heterocycles. The lowest BCUT2D eigenvalue weighted by molar-refractivity contribution is 0.239. The van der Waals surface area contributed by atoms with Crippen LogP contribution in [0.15, 0.2) is 84.9 Å². The van der Waals surface area contributed by atoms with Crippen LogP contribution in [0.5, 0.6) is 0 Å². The number of aliphatic hydroxyl groups excluding tert-OH is 1. The van der Waals surface area contributed by atoms with Crippen molar-refractivity contribution in [1.82, 2.24) is 0 Å². The summed E-state index contributed by atoms with van der Waals surface area (Å²) in [4.78, 5) is 0. The Morgan fingerprint density at radius 3 is 1.79 bits per heavy atom. The van der Waals surface area contributed by atoms with Crippen LogP contribution in [-0.4, -0.2) is 5.11 Å². The second-order valence-electron chi connectivity index (χ2n) is 5.77. The fourth-order valence-electron chi connectivity index (χ4n) is 2.68. The van der Waals surface area contributed by atoms with E-state index < -0.39 is 6.10 Å². The van der Waals surface area contributed by atoms with Gasteiger partial charge in [-0.2, -0.15) is 0 Å². The average Bonchev–Trinajstić information content (AvgIpc) is 2.64. The molecular weight excluding hydrogens is 407 g/mol. The predicted molar refractivity (Wildman–Crippen MR) is 110 cm³/mol. The van der Waals surface area contributed by atoms with E-state index in [0.717, 1.165) is 25.8 Å². The quantitative estimate of drug-likeness (QED) is 0.399. The molecule has 0 aromatic heterocycles. The van der Waals surface area contributed by atoms with Crippen molar-refractivity contribution >= 4 is 31.7 Å². The Labute approximate surface area is 156 Å². The molecule has 0 bridgehead atoms. The second kappa shape index (κ2) is 7.77. The van der Waals surface area contributed by atoms with E-state index in [0.29, 0.717) is 0 Å². The van der Waals surface area contributed by atoms with Crippen LogP contribution in [0.1, 0.15) is 28.4 Å². The molecule has 24 heavy (non-hydrogen) atoms. The zero-order valence-corrected chi connectivity index (χ0v) is 15.6. The molecule has 0 fully saturated rings. The first-order valence-electron chi connectivity index (χ1n) is 7.92. The van der Waals surface area contributed by atoms with Gasteiger partial charge in [-0.25, -0.2) is 0 Å². The summed E-state index contributed by atoms with van der Waals surface area (Å²) >= 11 is 2.34. The van der Waals surface area contributed by atoms with Crippen molar-refractivity contribution in [3.63, 3.8) is 0 Å². The monoisotopic (exact) mass is 426 g/mol. The van der Waals surface area contributed by atoms with Gasteiger partial charge in [-0.1, -0.05) is 90.5 Å². The van der Waals surface area contributed by atoms with Gasteiger partial charge in [0.15, 0.2) is 0 Å². The van der Waals surface area contributed by atoms with Gasteiger partial charge < -0.3 is 5.11 Å². The molecule has 0 saturated heterocycles. The van der Waals surface area contributed by atoms with Gasteiger partial charge in [-0.05, 0) is 46.2 Å². The Kier molecular flexibility index (Phi) is 5.48. The number of hydrogen-bond donors (Lipinski definition) is 1. The molecule has 1 unspecified atom stereocenters. The lowest BCUT2D eigenvalue weighted by Crippen LogP contribution is -2.03. The summed E-state index contributed by atoms with van der Waals surface area (Å²) in [5, 5.41) is 11.1. The molecule has 3 rings (SSSR count). The van der Waals surface area contributed by atoms with Crippen LogP contribution >= 0.6 is 22.6 Å². The van der Waals surface area contributed by atoms with E-state index in [2.05, 4.69) is 41.6 Å². The molecule has 0 amide bonds. The Hall–Kier alpha value is -1.91. The standard InChI is InChI=1S/C22H19IO/c1-16-12-14-19(15-13-16)22(24)20(17-8-4-2-5-9-17)21(23)18-10-6-3-7-11-18/h2-15,22,24H,1H3/b21-20-. The van der Waals surface area contributed by atoms with E-state index in [4.69, 9.17) is 0 Å². The van der Waals surface area contributed by atoms with Gasteiger partial charge in [0.25, 0.3) is 0 Å². The summed E-state index contributed by atoms with van der Waals surface area (Å²) in [6.45, 7) is 2.05. The van der Waals surface area contributed by atoms with E-state index in [1.54, 1.807) is 0 Å². The SMILES string of the molecule is Cc1ccc(C(O)/C(=C(\I)c2ccccc2)c2ccccc2)cc1. The van der Waals surface area contributed by atoms with Crippen LogP contribution in [0.25, 0.3) is 9.15 Å². The van der Waals surface area contributed by atoms with Crippen LogP contribution in [-0.2, 0) is 0 Å². The zero-order chi connectivity index (χ0) is 16.9. The molecule has 0 aliphatic rings. The fraction of sp³-hybridized carbons (Fsp3) is 0.0909. The highest BCUT2D eigenvalue weighted by Gasteiger charge is 2.19. The fourth-order valence-corrected chi connectivity index (χ4v) is 3.64. The molecule has 1 nitrogen and oxygen atoms in total. The maximum absolute atomic E-state index is 11.1. The Morgan fingerprint density at radius 2 is 1.25 bits per heavy atom. The molecule has 1 N–H and O–H groups in total. The summed E-state index contributed by atoms with van der Waals surface area (Å²) in [6.07, 6.45) is -0.667. The molecule has 1 atom stereocenters. The molecule has 0 spiro atoms. The third-order valence-electron chi connectivity index (χ3n) is 4.02. The van der Waals surface area contributed by atoms with Crippen LogP contribution in [0, 0.1) is 6.92 Å². The summed E-state index contributed by atoms with van der Waals surface area (Å²) in [6, 6.07) is 28.4. The zero-order valence-electron chi connectivity index (χ0n) is 13.5. The number of aliphatic hydroxyl groups is 1. The number of aryl methyl sites for hydroxylation is 1. The topological polar surface area (TPSA) is 20.2 Å². The third kappa shape index (κ3) is 3.77. The highest BCUT2D eigenvalue weighted by Crippen LogP contribution is 2.39. The Morgan fingerprint density at radius 1 is 0.750 bits per heavy atom. The van der Waals surface area contributed by atoms with Gasteiger partial charge in [0, 0.05) is 9.15 Å². The minimum absolute atomic E-state index is 0.667. The van der Waals surface area contributed by atoms with E-state index in [9.17, 15) is 5.11 Å². The molecule has 0 saturated carbocycles. The lowest BCUT2D eigenvalue weighted by Gasteiger charge is -2.19. The largest absolute Gasteiger partial charge is 0.384 e. The normalized spacial score (nSPS) is 13.3. The smallest absolute Gasteiger partial charge is 0.106 e. The van der Waals surface area contributed by atoms with E-state index in [-0.39, 0.29) is 0 Å². The van der Waals surface area contributed by atoms with Crippen LogP contribution < -0.4 is 0 Å². The first-order chi connectivity index (χ1) is 11.7. The average molecular weight is 426 g/mol. The Balaban J connectivity index is 2.14. The van der Waals surface area contributed by atoms with Crippen LogP contribution in [0.2, 0.25) is 0 Å². The van der Waals surface area contributed by atoms with Gasteiger partial charge in [0.1, 0.15) is 6.10 Å². The molecule has 3 aromatic rings. The minimum Gasteiger partial charge on any atom is -0.384 e. The molecule has 0 aliphatic carbocycles. The number of benzene rings is 3. The van der Waals surface area contributed by atoms with Gasteiger partial charge >= 0.3 is 0 Å². The van der Waals surface area contributed by atoms with Crippen LogP contribution in [0.3, 0.4) is 0 Å². The predicted octanol–water partition coefficient (Wildman–Crippen LogP) is 6.03. The van der Waals surface area contributed by atoms with Crippen LogP contribution in [0.4, 0.5) is 0 Å². The maximum atomic E-state index is 11.1. The number of hydrogen-bond acceptors (Lipinski definition) is 1. The van der Waals surface area contributed by atoms with E-state index in [1.807, 2.05) is 72.8 Å².